The number of nitrogens with zero attached hydrogens (tertiary/aromatic N) is 7. The summed E-state index contributed by atoms with van der Waals surface area (Å²) in [6.45, 7) is 7.92. The minimum atomic E-state index is -4.54. The number of pyridine rings is 2. The van der Waals surface area contributed by atoms with E-state index in [0.29, 0.717) is 59.9 Å². The Balaban J connectivity index is 0.773. The van der Waals surface area contributed by atoms with E-state index in [-0.39, 0.29) is 60.8 Å². The van der Waals surface area contributed by atoms with Gasteiger partial charge >= 0.3 is 0 Å². The number of thiazole rings is 1. The number of carbonyl (C=O) groups excluding carboxylic acids is 4. The van der Waals surface area contributed by atoms with E-state index in [2.05, 4.69) is 45.8 Å². The summed E-state index contributed by atoms with van der Waals surface area (Å²) in [5.74, 6) is -3.76. The van der Waals surface area contributed by atoms with Gasteiger partial charge in [-0.15, -0.1) is 21.5 Å². The third-order valence-electron chi connectivity index (χ3n) is 13.4. The number of methoxy groups -OCH3 is 1. The van der Waals surface area contributed by atoms with Gasteiger partial charge in [0.15, 0.2) is 0 Å². The van der Waals surface area contributed by atoms with Crippen LogP contribution in [0.15, 0.2) is 118 Å². The zero-order valence-corrected chi connectivity index (χ0v) is 45.8. The van der Waals surface area contributed by atoms with E-state index in [4.69, 9.17) is 9.15 Å². The fraction of sp³-hybridized carbons (Fsp3) is 0.304. The maximum Gasteiger partial charge on any atom is 0.266 e. The topological polar surface area (TPSA) is 265 Å². The van der Waals surface area contributed by atoms with Gasteiger partial charge in [-0.2, -0.15) is 0 Å². The van der Waals surface area contributed by atoms with E-state index in [1.165, 1.54) is 30.5 Å². The number of rotatable bonds is 20. The molecule has 5 N–H and O–H groups in total. The fourth-order valence-corrected chi connectivity index (χ4v) is 11.2. The van der Waals surface area contributed by atoms with Crippen LogP contribution in [0.3, 0.4) is 0 Å². The van der Waals surface area contributed by atoms with E-state index < -0.39 is 67.9 Å². The average Bonchev–Trinajstić information content (AvgIpc) is 4.32. The molecule has 0 aliphatic carbocycles. The Morgan fingerprint density at radius 1 is 0.887 bits per heavy atom. The van der Waals surface area contributed by atoms with Gasteiger partial charge in [0.1, 0.15) is 45.6 Å². The Morgan fingerprint density at radius 2 is 1.65 bits per heavy atom. The number of β-amino-alcohol motifs (C(OH)–C–C–N with tert-alkyl or cyclic N) is 1. The summed E-state index contributed by atoms with van der Waals surface area (Å²) in [6.07, 6.45) is 5.54. The molecule has 0 saturated carbocycles. The Hall–Kier alpha value is -8.48. The van der Waals surface area contributed by atoms with E-state index in [1.807, 2.05) is 52.0 Å². The molecule has 6 heterocycles. The van der Waals surface area contributed by atoms with Crippen LogP contribution < -0.4 is 25.4 Å². The largest absolute Gasteiger partial charge is 0.480 e. The van der Waals surface area contributed by atoms with Crippen LogP contribution >= 0.6 is 11.3 Å². The van der Waals surface area contributed by atoms with Crippen LogP contribution in [0.4, 0.5) is 14.5 Å². The molecular formula is C56H57F2N11O9S2. The second-order valence-electron chi connectivity index (χ2n) is 20.2. The maximum absolute atomic E-state index is 14.5. The third-order valence-corrected chi connectivity index (χ3v) is 15.8. The molecule has 0 bridgehead atoms. The van der Waals surface area contributed by atoms with Crippen LogP contribution in [0.25, 0.3) is 50.3 Å². The molecule has 0 unspecified atom stereocenters. The highest BCUT2D eigenvalue weighted by atomic mass is 32.2. The molecule has 0 spiro atoms. The van der Waals surface area contributed by atoms with Crippen molar-refractivity contribution in [2.24, 2.45) is 5.41 Å². The van der Waals surface area contributed by atoms with Gasteiger partial charge in [0.25, 0.3) is 21.8 Å². The quantitative estimate of drug-likeness (QED) is 0.0458. The summed E-state index contributed by atoms with van der Waals surface area (Å²) in [7, 11) is -3.25. The first-order valence-electron chi connectivity index (χ1n) is 25.5. The van der Waals surface area contributed by atoms with Crippen molar-refractivity contribution in [3.63, 3.8) is 0 Å². The van der Waals surface area contributed by atoms with Gasteiger partial charge in [-0.25, -0.2) is 32.2 Å². The third kappa shape index (κ3) is 12.7. The Labute approximate surface area is 463 Å². The highest BCUT2D eigenvalue weighted by molar-refractivity contribution is 7.92. The van der Waals surface area contributed by atoms with Crippen LogP contribution in [0.1, 0.15) is 74.5 Å². The number of aryl methyl sites for hydroxylation is 1. The predicted octanol–water partition coefficient (Wildman–Crippen LogP) is 7.73. The predicted molar refractivity (Wildman–Crippen MR) is 293 cm³/mol. The lowest BCUT2D eigenvalue weighted by Crippen LogP contribution is -2.57. The molecule has 0 radical (unpaired) electrons. The number of unbranched alkanes of at least 4 members (excludes halogenated alkanes) is 2. The van der Waals surface area contributed by atoms with Crippen LogP contribution in [0.2, 0.25) is 0 Å². The number of nitrogens with one attached hydrogen (secondary N) is 4. The highest BCUT2D eigenvalue weighted by Crippen LogP contribution is 2.34. The first-order chi connectivity index (χ1) is 38.3. The van der Waals surface area contributed by atoms with Crippen molar-refractivity contribution in [3.05, 3.63) is 137 Å². The van der Waals surface area contributed by atoms with Gasteiger partial charge in [-0.1, -0.05) is 63.6 Å². The molecule has 1 saturated heterocycles. The minimum absolute atomic E-state index is 0.0408. The second kappa shape index (κ2) is 23.9. The van der Waals surface area contributed by atoms with E-state index in [1.54, 1.807) is 63.8 Å². The van der Waals surface area contributed by atoms with Gasteiger partial charge < -0.3 is 35.1 Å². The standard InChI is InChI=1S/C56H57F2N11O9S2/c1-32-48(79-31-63-32)34-16-14-33(15-17-34)26-61-51(73)43-25-38(70)30-69(43)55(74)49(56(2,3)4)64-47(71)13-7-6-10-22-59-50(72)39-11-8-9-12-40(39)52-65-66-54(78-52)44-28-60-46-21-18-35(29-68(44)46)36-23-42(53(77-5)62-27-36)67-80(75,76)45-20-19-37(57)24-41(45)58/h8-9,11-12,14-21,23-24,27-29,31,38,43,49,67,70H,6-7,10,13,22,25-26,30H2,1-5H3,(H,59,72)(H,61,73)(H,64,71)/t38-,43+,49-/m1/s1. The lowest BCUT2D eigenvalue weighted by atomic mass is 9.85. The number of sulfonamides is 1. The number of benzene rings is 3. The first kappa shape index (κ1) is 56.2. The summed E-state index contributed by atoms with van der Waals surface area (Å²) < 4.78 is 69.8. The molecule has 1 fully saturated rings. The van der Waals surface area contributed by atoms with E-state index >= 15 is 0 Å². The molecule has 3 atom stereocenters. The monoisotopic (exact) mass is 1130 g/mol. The number of halogens is 2. The number of fused-ring (bicyclic) bond motifs is 1. The van der Waals surface area contributed by atoms with E-state index in [0.717, 1.165) is 33.8 Å². The Kier molecular flexibility index (Phi) is 16.8. The number of hydrogen-bond acceptors (Lipinski definition) is 15. The molecule has 9 rings (SSSR count). The number of carbonyl (C=O) groups is 4. The maximum atomic E-state index is 14.5. The highest BCUT2D eigenvalue weighted by Gasteiger charge is 2.44. The van der Waals surface area contributed by atoms with Crippen LogP contribution in [-0.2, 0) is 31.0 Å². The summed E-state index contributed by atoms with van der Waals surface area (Å²) in [5.41, 5.74) is 6.32. The van der Waals surface area contributed by atoms with Crippen molar-refractivity contribution in [3.8, 4) is 50.5 Å². The van der Waals surface area contributed by atoms with Gasteiger partial charge in [-0.3, -0.25) is 28.3 Å². The Bertz CT molecular complexity index is 3710. The average molecular weight is 1130 g/mol. The zero-order valence-electron chi connectivity index (χ0n) is 44.2. The number of hydrogen-bond donors (Lipinski definition) is 5. The number of likely N-dealkylation sites (tertiary alicyclic amines) is 1. The summed E-state index contributed by atoms with van der Waals surface area (Å²) >= 11 is 1.56. The van der Waals surface area contributed by atoms with Crippen LogP contribution in [0, 0.1) is 24.0 Å². The smallest absolute Gasteiger partial charge is 0.266 e. The molecular weight excluding hydrogens is 1070 g/mol. The second-order valence-corrected chi connectivity index (χ2v) is 22.7. The fourth-order valence-electron chi connectivity index (χ4n) is 9.25. The zero-order chi connectivity index (χ0) is 56.9. The van der Waals surface area contributed by atoms with Gasteiger partial charge in [0.05, 0.1) is 46.6 Å². The summed E-state index contributed by atoms with van der Waals surface area (Å²) in [5, 5.41) is 27.9. The normalized spacial score (nSPS) is 14.9. The molecule has 5 aromatic heterocycles. The summed E-state index contributed by atoms with van der Waals surface area (Å²) in [6, 6.07) is 19.6. The van der Waals surface area contributed by atoms with Crippen molar-refractivity contribution < 1.29 is 50.6 Å². The first-order valence-corrected chi connectivity index (χ1v) is 27.9. The number of imidazole rings is 1. The molecule has 80 heavy (non-hydrogen) atoms. The molecule has 1 aliphatic rings. The van der Waals surface area contributed by atoms with Gasteiger partial charge in [-0.05, 0) is 78.8 Å². The molecule has 8 aromatic rings. The minimum Gasteiger partial charge on any atom is -0.480 e. The number of aliphatic hydroxyl groups is 1. The van der Waals surface area contributed by atoms with Crippen LogP contribution in [0.5, 0.6) is 5.88 Å². The van der Waals surface area contributed by atoms with Crippen molar-refractivity contribution in [1.29, 1.82) is 0 Å². The number of ether oxygens (including phenoxy) is 1. The molecule has 3 aromatic carbocycles. The lowest BCUT2D eigenvalue weighted by Gasteiger charge is -2.35. The SMILES string of the molecule is COc1ncc(-c2ccc3ncc(-c4nnc(-c5ccccc5C(=O)NCCCCCC(=O)N[C@H](C(=O)N5C[C@H](O)C[C@H]5C(=O)NCc5ccc(-c6scnc6C)cc5)C(C)(C)C)o4)n3c2)cc1NS(=O)(=O)c1ccc(F)cc1F. The summed E-state index contributed by atoms with van der Waals surface area (Å²) in [4.78, 5) is 69.3. The van der Waals surface area contributed by atoms with Crippen molar-refractivity contribution in [1.82, 2.24) is 50.4 Å². The van der Waals surface area contributed by atoms with E-state index in [9.17, 15) is 41.5 Å². The Morgan fingerprint density at radius 3 is 2.39 bits per heavy atom. The van der Waals surface area contributed by atoms with Crippen molar-refractivity contribution >= 4 is 56.3 Å². The van der Waals surface area contributed by atoms with Crippen molar-refractivity contribution in [2.75, 3.05) is 24.9 Å². The molecule has 1 aliphatic heterocycles. The van der Waals surface area contributed by atoms with Gasteiger partial charge in [0.2, 0.25) is 29.5 Å². The lowest BCUT2D eigenvalue weighted by molar-refractivity contribution is -0.144. The number of aromatic nitrogens is 6. The molecule has 20 nitrogen and oxygen atoms in total. The van der Waals surface area contributed by atoms with Gasteiger partial charge in [0, 0.05) is 62.1 Å². The molecule has 4 amide bonds. The number of aliphatic hydroxyl groups excluding tert-OH is 1. The number of amides is 4. The van der Waals surface area contributed by atoms with Crippen molar-refractivity contribution in [2.45, 2.75) is 89.4 Å². The number of anilines is 1. The molecule has 24 heteroatoms. The molecule has 416 valence electrons. The van der Waals surface area contributed by atoms with Crippen LogP contribution in [-0.4, -0.2) is 110 Å².